The molecular weight excluding hydrogens is 327 g/mol. The number of alkyl halides is 3. The molecule has 0 saturated heterocycles. The lowest BCUT2D eigenvalue weighted by Gasteiger charge is -2.08. The Kier molecular flexibility index (Phi) is 3.25. The number of hydrogen-bond acceptors (Lipinski definition) is 5. The Balaban J connectivity index is 2.09. The highest BCUT2D eigenvalue weighted by molar-refractivity contribution is 7.13. The first-order valence-corrected chi connectivity index (χ1v) is 6.90. The van der Waals surface area contributed by atoms with Gasteiger partial charge in [0.05, 0.1) is 22.7 Å². The normalized spacial score (nSPS) is 12.2. The minimum Gasteiger partial charge on any atom is -0.375 e. The molecule has 0 aliphatic carbocycles. The van der Waals surface area contributed by atoms with Crippen molar-refractivity contribution in [1.82, 2.24) is 19.6 Å². The maximum absolute atomic E-state index is 12.8. The first kappa shape index (κ1) is 14.1. The van der Waals surface area contributed by atoms with E-state index in [0.29, 0.717) is 16.6 Å². The minimum atomic E-state index is -4.50. The number of thiazole rings is 1. The summed E-state index contributed by atoms with van der Waals surface area (Å²) in [6.45, 7) is 0. The summed E-state index contributed by atoms with van der Waals surface area (Å²) < 4.78 is 39.7. The van der Waals surface area contributed by atoms with E-state index < -0.39 is 11.7 Å². The smallest absolute Gasteiger partial charge is 0.375 e. The number of hydrogen-bond donors (Lipinski definition) is 1. The van der Waals surface area contributed by atoms with Crippen LogP contribution in [0, 0.1) is 0 Å². The van der Waals surface area contributed by atoms with Gasteiger partial charge in [-0.15, -0.1) is 21.5 Å². The molecule has 0 aromatic carbocycles. The molecule has 0 spiro atoms. The Hall–Kier alpha value is -1.87. The number of aromatic nitrogens is 4. The number of pyridine rings is 1. The van der Waals surface area contributed by atoms with Crippen molar-refractivity contribution in [2.75, 3.05) is 5.73 Å². The van der Waals surface area contributed by atoms with Crippen molar-refractivity contribution < 1.29 is 13.2 Å². The molecule has 3 aromatic rings. The first-order valence-electron chi connectivity index (χ1n) is 5.65. The van der Waals surface area contributed by atoms with Crippen LogP contribution in [-0.2, 0) is 12.6 Å². The van der Waals surface area contributed by atoms with E-state index in [1.807, 2.05) is 0 Å². The van der Waals surface area contributed by atoms with Gasteiger partial charge in [-0.1, -0.05) is 11.6 Å². The molecule has 3 rings (SSSR count). The van der Waals surface area contributed by atoms with Crippen molar-refractivity contribution in [3.63, 3.8) is 0 Å². The lowest BCUT2D eigenvalue weighted by atomic mass is 10.2. The molecule has 0 saturated carbocycles. The number of anilines is 1. The van der Waals surface area contributed by atoms with Gasteiger partial charge in [0.25, 0.3) is 0 Å². The molecule has 0 amide bonds. The van der Waals surface area contributed by atoms with E-state index in [4.69, 9.17) is 17.3 Å². The van der Waals surface area contributed by atoms with Crippen molar-refractivity contribution in [3.8, 4) is 0 Å². The summed E-state index contributed by atoms with van der Waals surface area (Å²) in [6.07, 6.45) is -3.36. The largest absolute Gasteiger partial charge is 0.417 e. The highest BCUT2D eigenvalue weighted by Crippen LogP contribution is 2.32. The summed E-state index contributed by atoms with van der Waals surface area (Å²) >= 11 is 7.08. The number of nitrogen functional groups attached to an aromatic ring is 1. The monoisotopic (exact) mass is 333 g/mol. The molecule has 0 atom stereocenters. The quantitative estimate of drug-likeness (QED) is 0.782. The van der Waals surface area contributed by atoms with Gasteiger partial charge in [-0.2, -0.15) is 13.2 Å². The van der Waals surface area contributed by atoms with Crippen LogP contribution in [0.2, 0.25) is 5.02 Å². The highest BCUT2D eigenvalue weighted by Gasteiger charge is 2.32. The minimum absolute atomic E-state index is 0.110. The second-order valence-corrected chi connectivity index (χ2v) is 5.54. The van der Waals surface area contributed by atoms with E-state index in [1.54, 1.807) is 5.38 Å². The number of nitrogens with two attached hydrogens (primary N) is 1. The van der Waals surface area contributed by atoms with Crippen molar-refractivity contribution >= 4 is 33.7 Å². The molecule has 3 heterocycles. The predicted octanol–water partition coefficient (Wildman–Crippen LogP) is 3.03. The van der Waals surface area contributed by atoms with E-state index in [1.165, 1.54) is 15.7 Å². The molecule has 3 aromatic heterocycles. The number of nitrogens with zero attached hydrogens (tertiary/aromatic N) is 4. The fourth-order valence-electron chi connectivity index (χ4n) is 1.84. The van der Waals surface area contributed by atoms with Crippen LogP contribution in [0.25, 0.3) is 5.65 Å². The predicted molar refractivity (Wildman–Crippen MR) is 72.3 cm³/mol. The van der Waals surface area contributed by atoms with Crippen molar-refractivity contribution in [2.24, 2.45) is 0 Å². The molecule has 21 heavy (non-hydrogen) atoms. The number of fused-ring (bicyclic) bond motifs is 1. The standard InChI is InChI=1S/C11H7ClF3N5S/c12-7-1-5(11(13,14)15)3-20-8(18-19-9(7)20)2-6-4-21-10(16)17-6/h1,3-4H,2H2,(H2,16,17). The van der Waals surface area contributed by atoms with Gasteiger partial charge >= 0.3 is 6.18 Å². The fraction of sp³-hybridized carbons (Fsp3) is 0.182. The lowest BCUT2D eigenvalue weighted by Crippen LogP contribution is -2.08. The van der Waals surface area contributed by atoms with Crippen molar-refractivity contribution in [2.45, 2.75) is 12.6 Å². The first-order chi connectivity index (χ1) is 9.84. The van der Waals surface area contributed by atoms with Gasteiger partial charge in [0.15, 0.2) is 10.8 Å². The van der Waals surface area contributed by atoms with Gasteiger partial charge in [0.2, 0.25) is 0 Å². The summed E-state index contributed by atoms with van der Waals surface area (Å²) in [5.41, 5.74) is 5.44. The van der Waals surface area contributed by atoms with Crippen LogP contribution < -0.4 is 5.73 Å². The average molecular weight is 334 g/mol. The average Bonchev–Trinajstić information content (AvgIpc) is 2.96. The molecule has 10 heteroatoms. The van der Waals surface area contributed by atoms with Crippen molar-refractivity contribution in [1.29, 1.82) is 0 Å². The van der Waals surface area contributed by atoms with Crippen LogP contribution in [0.4, 0.5) is 18.3 Å². The van der Waals surface area contributed by atoms with Gasteiger partial charge in [0, 0.05) is 11.6 Å². The molecule has 0 radical (unpaired) electrons. The van der Waals surface area contributed by atoms with Crippen LogP contribution in [0.1, 0.15) is 17.1 Å². The molecule has 0 aliphatic rings. The summed E-state index contributed by atoms with van der Waals surface area (Å²) in [4.78, 5) is 4.05. The summed E-state index contributed by atoms with van der Waals surface area (Å²) in [5.74, 6) is 0.309. The number of halogens is 4. The molecule has 0 bridgehead atoms. The van der Waals surface area contributed by atoms with Crippen molar-refractivity contribution in [3.05, 3.63) is 39.7 Å². The topological polar surface area (TPSA) is 69.1 Å². The second-order valence-electron chi connectivity index (χ2n) is 4.24. The molecule has 5 nitrogen and oxygen atoms in total. The van der Waals surface area contributed by atoms with Crippen LogP contribution in [0.15, 0.2) is 17.6 Å². The van der Waals surface area contributed by atoms with Gasteiger partial charge in [0.1, 0.15) is 5.82 Å². The Morgan fingerprint density at radius 1 is 1.33 bits per heavy atom. The zero-order chi connectivity index (χ0) is 15.2. The SMILES string of the molecule is Nc1nc(Cc2nnc3c(Cl)cc(C(F)(F)F)cn23)cs1. The van der Waals surface area contributed by atoms with E-state index in [9.17, 15) is 13.2 Å². The molecule has 2 N–H and O–H groups in total. The van der Waals surface area contributed by atoms with Crippen LogP contribution in [0.5, 0.6) is 0 Å². The van der Waals surface area contributed by atoms with E-state index in [2.05, 4.69) is 15.2 Å². The van der Waals surface area contributed by atoms with Crippen LogP contribution in [0.3, 0.4) is 0 Å². The Bertz CT molecular complexity index is 810. The Morgan fingerprint density at radius 2 is 2.10 bits per heavy atom. The molecular formula is C11H7ClF3N5S. The molecule has 0 unspecified atom stereocenters. The van der Waals surface area contributed by atoms with Crippen LogP contribution in [-0.4, -0.2) is 19.6 Å². The van der Waals surface area contributed by atoms with Crippen LogP contribution >= 0.6 is 22.9 Å². The van der Waals surface area contributed by atoms with E-state index in [-0.39, 0.29) is 17.1 Å². The molecule has 0 aliphatic heterocycles. The fourth-order valence-corrected chi connectivity index (χ4v) is 2.65. The Morgan fingerprint density at radius 3 is 2.71 bits per heavy atom. The Labute approximate surface area is 125 Å². The van der Waals surface area contributed by atoms with E-state index in [0.717, 1.165) is 12.3 Å². The molecule has 0 fully saturated rings. The maximum Gasteiger partial charge on any atom is 0.417 e. The zero-order valence-corrected chi connectivity index (χ0v) is 11.8. The lowest BCUT2D eigenvalue weighted by molar-refractivity contribution is -0.137. The third kappa shape index (κ3) is 2.66. The van der Waals surface area contributed by atoms with E-state index >= 15 is 0 Å². The van der Waals surface area contributed by atoms with Gasteiger partial charge in [-0.3, -0.25) is 4.40 Å². The van der Waals surface area contributed by atoms with Gasteiger partial charge in [-0.05, 0) is 6.07 Å². The summed E-state index contributed by atoms with van der Waals surface area (Å²) in [7, 11) is 0. The third-order valence-corrected chi connectivity index (χ3v) is 3.77. The highest BCUT2D eigenvalue weighted by atomic mass is 35.5. The maximum atomic E-state index is 12.8. The molecule has 110 valence electrons. The van der Waals surface area contributed by atoms with Gasteiger partial charge in [-0.25, -0.2) is 4.98 Å². The summed E-state index contributed by atoms with van der Waals surface area (Å²) in [5, 5.41) is 9.66. The zero-order valence-electron chi connectivity index (χ0n) is 10.2. The van der Waals surface area contributed by atoms with Gasteiger partial charge < -0.3 is 5.73 Å². The summed E-state index contributed by atoms with van der Waals surface area (Å²) in [6, 6.07) is 0.830. The second kappa shape index (κ2) is 4.85. The number of rotatable bonds is 2. The third-order valence-electron chi connectivity index (χ3n) is 2.77.